The Labute approximate surface area is 199 Å². The van der Waals surface area contributed by atoms with Crippen molar-refractivity contribution in [2.75, 3.05) is 10.7 Å². The van der Waals surface area contributed by atoms with Gasteiger partial charge < -0.3 is 9.30 Å². The predicted octanol–water partition coefficient (Wildman–Crippen LogP) is 5.27. The minimum Gasteiger partial charge on any atom is -0.484 e. The number of hydrogen-bond donors (Lipinski definition) is 0. The van der Waals surface area contributed by atoms with Crippen LogP contribution < -0.4 is 9.64 Å². The fourth-order valence-electron chi connectivity index (χ4n) is 2.87. The van der Waals surface area contributed by atoms with E-state index in [1.165, 1.54) is 23.1 Å². The van der Waals surface area contributed by atoms with Crippen LogP contribution in [0.2, 0.25) is 5.02 Å². The summed E-state index contributed by atoms with van der Waals surface area (Å²) < 4.78 is 7.57. The van der Waals surface area contributed by atoms with Crippen molar-refractivity contribution in [2.24, 2.45) is 7.05 Å². The van der Waals surface area contributed by atoms with Crippen LogP contribution in [0.25, 0.3) is 0 Å². The third kappa shape index (κ3) is 5.12. The normalized spacial score (nSPS) is 10.8. The molecule has 2 heterocycles. The van der Waals surface area contributed by atoms with Gasteiger partial charge in [0.25, 0.3) is 0 Å². The zero-order valence-corrected chi connectivity index (χ0v) is 19.8. The van der Waals surface area contributed by atoms with Crippen LogP contribution >= 0.6 is 34.7 Å². The zero-order valence-electron chi connectivity index (χ0n) is 17.4. The maximum Gasteiger partial charge on any atom is 0.243 e. The van der Waals surface area contributed by atoms with Crippen molar-refractivity contribution >= 4 is 51.4 Å². The van der Waals surface area contributed by atoms with Crippen molar-refractivity contribution in [3.63, 3.8) is 0 Å². The van der Waals surface area contributed by atoms with Crippen molar-refractivity contribution in [2.45, 2.75) is 18.7 Å². The number of benzene rings is 2. The molecule has 0 N–H and O–H groups in total. The van der Waals surface area contributed by atoms with E-state index in [4.69, 9.17) is 16.3 Å². The summed E-state index contributed by atoms with van der Waals surface area (Å²) in [6, 6.07) is 16.8. The Balaban J connectivity index is 1.44. The first-order valence-electron chi connectivity index (χ1n) is 9.71. The molecule has 1 amide bonds. The molecule has 0 aliphatic heterocycles. The summed E-state index contributed by atoms with van der Waals surface area (Å²) >= 11 is 8.89. The lowest BCUT2D eigenvalue weighted by molar-refractivity contribution is -0.115. The van der Waals surface area contributed by atoms with E-state index in [2.05, 4.69) is 15.2 Å². The summed E-state index contributed by atoms with van der Waals surface area (Å²) in [5, 5.41) is 12.1. The number of aryl methyl sites for hydroxylation is 1. The second-order valence-corrected chi connectivity index (χ2v) is 8.99. The van der Waals surface area contributed by atoms with E-state index in [1.807, 2.05) is 66.4 Å². The molecule has 0 aliphatic rings. The summed E-state index contributed by atoms with van der Waals surface area (Å²) in [6.07, 6.45) is 0. The third-order valence-corrected chi connectivity index (χ3v) is 6.77. The van der Waals surface area contributed by atoms with E-state index in [0.29, 0.717) is 26.9 Å². The Morgan fingerprint density at radius 3 is 2.62 bits per heavy atom. The number of amides is 1. The van der Waals surface area contributed by atoms with Crippen LogP contribution in [0.15, 0.2) is 65.1 Å². The fourth-order valence-corrected chi connectivity index (χ4v) is 4.68. The molecule has 0 radical (unpaired) electrons. The molecule has 164 valence electrons. The molecule has 4 aromatic rings. The highest BCUT2D eigenvalue weighted by Gasteiger charge is 2.22. The monoisotopic (exact) mass is 485 g/mol. The van der Waals surface area contributed by atoms with E-state index in [0.717, 1.165) is 11.4 Å². The van der Waals surface area contributed by atoms with Crippen LogP contribution in [0.1, 0.15) is 11.5 Å². The van der Waals surface area contributed by atoms with Crippen LogP contribution in [0, 0.1) is 6.92 Å². The molecule has 10 heteroatoms. The van der Waals surface area contributed by atoms with Gasteiger partial charge in [-0.1, -0.05) is 53.7 Å². The van der Waals surface area contributed by atoms with Crippen molar-refractivity contribution in [1.82, 2.24) is 19.7 Å². The smallest absolute Gasteiger partial charge is 0.243 e. The molecule has 2 aromatic carbocycles. The van der Waals surface area contributed by atoms with E-state index in [1.54, 1.807) is 17.0 Å². The number of carbonyl (C=O) groups excluding carboxylic acids is 1. The first-order valence-corrected chi connectivity index (χ1v) is 12.0. The predicted molar refractivity (Wildman–Crippen MR) is 128 cm³/mol. The van der Waals surface area contributed by atoms with Crippen molar-refractivity contribution in [3.05, 3.63) is 76.5 Å². The Hall–Kier alpha value is -2.88. The fraction of sp³-hybridized carbons (Fsp3) is 0.182. The van der Waals surface area contributed by atoms with Crippen molar-refractivity contribution in [1.29, 1.82) is 0 Å². The van der Waals surface area contributed by atoms with Gasteiger partial charge in [0.2, 0.25) is 5.91 Å². The Bertz CT molecular complexity index is 1210. The Morgan fingerprint density at radius 2 is 1.91 bits per heavy atom. The Kier molecular flexibility index (Phi) is 7.09. The molecule has 7 nitrogen and oxygen atoms in total. The molecule has 0 unspecified atom stereocenters. The number of para-hydroxylation sites is 2. The Morgan fingerprint density at radius 1 is 1.16 bits per heavy atom. The topological polar surface area (TPSA) is 73.1 Å². The number of thioether (sulfide) groups is 1. The van der Waals surface area contributed by atoms with Gasteiger partial charge >= 0.3 is 0 Å². The molecule has 0 saturated carbocycles. The summed E-state index contributed by atoms with van der Waals surface area (Å²) in [5.41, 5.74) is 1.65. The van der Waals surface area contributed by atoms with Crippen LogP contribution in [0.4, 0.5) is 10.8 Å². The highest BCUT2D eigenvalue weighted by Crippen LogP contribution is 2.30. The molecule has 4 rings (SSSR count). The van der Waals surface area contributed by atoms with Crippen LogP contribution in [-0.4, -0.2) is 31.4 Å². The lowest BCUT2D eigenvalue weighted by Crippen LogP contribution is -2.27. The van der Waals surface area contributed by atoms with Crippen LogP contribution in [0.5, 0.6) is 5.75 Å². The lowest BCUT2D eigenvalue weighted by atomic mass is 10.3. The number of anilines is 2. The molecular formula is C22H20ClN5O2S2. The highest BCUT2D eigenvalue weighted by atomic mass is 35.5. The number of ether oxygens (including phenoxy) is 1. The number of aromatic nitrogens is 4. The van der Waals surface area contributed by atoms with Crippen molar-refractivity contribution < 1.29 is 9.53 Å². The first kappa shape index (κ1) is 22.3. The van der Waals surface area contributed by atoms with Gasteiger partial charge in [-0.15, -0.1) is 21.5 Å². The number of nitrogens with zero attached hydrogens (tertiary/aromatic N) is 5. The molecule has 0 bridgehead atoms. The van der Waals surface area contributed by atoms with Crippen molar-refractivity contribution in [3.8, 4) is 5.75 Å². The van der Waals surface area contributed by atoms with E-state index >= 15 is 0 Å². The maximum absolute atomic E-state index is 13.2. The maximum atomic E-state index is 13.2. The molecule has 0 fully saturated rings. The summed E-state index contributed by atoms with van der Waals surface area (Å²) in [5.74, 6) is 1.31. The lowest BCUT2D eigenvalue weighted by Gasteiger charge is -2.19. The van der Waals surface area contributed by atoms with Gasteiger partial charge in [0.05, 0.1) is 22.2 Å². The number of halogens is 1. The van der Waals surface area contributed by atoms with Gasteiger partial charge in [0.1, 0.15) is 12.4 Å². The minimum atomic E-state index is -0.0904. The minimum absolute atomic E-state index is 0.0904. The summed E-state index contributed by atoms with van der Waals surface area (Å²) in [7, 11) is 1.84. The van der Waals surface area contributed by atoms with Crippen LogP contribution in [-0.2, 0) is 18.4 Å². The van der Waals surface area contributed by atoms with Crippen LogP contribution in [0.3, 0.4) is 0 Å². The average molecular weight is 486 g/mol. The van der Waals surface area contributed by atoms with Gasteiger partial charge in [-0.05, 0) is 31.2 Å². The zero-order chi connectivity index (χ0) is 22.5. The SMILES string of the molecule is Cc1csc(N(C(=O)CSc2nnc(COc3ccccc3Cl)n2C)c2ccccc2)n1. The molecule has 2 aromatic heterocycles. The largest absolute Gasteiger partial charge is 0.484 e. The van der Waals surface area contributed by atoms with Gasteiger partial charge in [0.15, 0.2) is 16.1 Å². The molecule has 0 atom stereocenters. The summed E-state index contributed by atoms with van der Waals surface area (Å²) in [6.45, 7) is 2.13. The molecule has 0 spiro atoms. The number of hydrogen-bond acceptors (Lipinski definition) is 7. The molecular weight excluding hydrogens is 466 g/mol. The van der Waals surface area contributed by atoms with E-state index in [9.17, 15) is 4.79 Å². The molecule has 0 aliphatic carbocycles. The standard InChI is InChI=1S/C22H20ClN5O2S2/c1-15-13-31-21(24-15)28(16-8-4-3-5-9-16)20(29)14-32-22-26-25-19(27(22)2)12-30-18-11-7-6-10-17(18)23/h3-11,13H,12,14H2,1-2H3. The van der Waals surface area contributed by atoms with E-state index < -0.39 is 0 Å². The van der Waals surface area contributed by atoms with E-state index in [-0.39, 0.29) is 18.3 Å². The second kappa shape index (κ2) is 10.2. The van der Waals surface area contributed by atoms with Gasteiger partial charge in [-0.25, -0.2) is 4.98 Å². The second-order valence-electron chi connectivity index (χ2n) is 6.80. The third-order valence-electron chi connectivity index (χ3n) is 4.51. The van der Waals surface area contributed by atoms with Gasteiger partial charge in [-0.3, -0.25) is 9.69 Å². The molecule has 0 saturated heterocycles. The average Bonchev–Trinajstić information content (AvgIpc) is 3.38. The first-order chi connectivity index (χ1) is 15.5. The number of rotatable bonds is 8. The highest BCUT2D eigenvalue weighted by molar-refractivity contribution is 7.99. The molecule has 32 heavy (non-hydrogen) atoms. The summed E-state index contributed by atoms with van der Waals surface area (Å²) in [4.78, 5) is 19.3. The number of carbonyl (C=O) groups is 1. The number of thiazole rings is 1. The van der Waals surface area contributed by atoms with Gasteiger partial charge in [0, 0.05) is 12.4 Å². The quantitative estimate of drug-likeness (QED) is 0.316. The van der Waals surface area contributed by atoms with Gasteiger partial charge in [-0.2, -0.15) is 0 Å².